The van der Waals surface area contributed by atoms with Crippen LogP contribution in [0.2, 0.25) is 0 Å². The molecule has 0 aliphatic carbocycles. The highest BCUT2D eigenvalue weighted by molar-refractivity contribution is 7.80. The first-order chi connectivity index (χ1) is 8.74. The molecule has 0 amide bonds. The Labute approximate surface area is 114 Å². The summed E-state index contributed by atoms with van der Waals surface area (Å²) in [7, 11) is 1.96. The Morgan fingerprint density at radius 1 is 1.50 bits per heavy atom. The zero-order valence-electron chi connectivity index (χ0n) is 11.1. The van der Waals surface area contributed by atoms with Gasteiger partial charge in [0.05, 0.1) is 12.2 Å². The highest BCUT2D eigenvalue weighted by Gasteiger charge is 2.04. The summed E-state index contributed by atoms with van der Waals surface area (Å²) in [5.41, 5.74) is 1.01. The van der Waals surface area contributed by atoms with Gasteiger partial charge in [-0.15, -0.1) is 0 Å². The summed E-state index contributed by atoms with van der Waals surface area (Å²) in [6, 6.07) is 5.89. The van der Waals surface area contributed by atoms with Crippen LogP contribution in [0.25, 0.3) is 0 Å². The lowest BCUT2D eigenvalue weighted by molar-refractivity contribution is 0.145. The van der Waals surface area contributed by atoms with Crippen molar-refractivity contribution in [2.75, 3.05) is 26.8 Å². The fourth-order valence-electron chi connectivity index (χ4n) is 1.46. The van der Waals surface area contributed by atoms with Gasteiger partial charge in [0.25, 0.3) is 0 Å². The van der Waals surface area contributed by atoms with Gasteiger partial charge < -0.3 is 15.0 Å². The molecule has 1 aromatic rings. The van der Waals surface area contributed by atoms with Crippen molar-refractivity contribution in [3.8, 4) is 0 Å². The van der Waals surface area contributed by atoms with Crippen LogP contribution in [0.1, 0.15) is 19.0 Å². The minimum atomic E-state index is 0.720. The van der Waals surface area contributed by atoms with E-state index < -0.39 is 0 Å². The van der Waals surface area contributed by atoms with Crippen molar-refractivity contribution in [1.82, 2.24) is 15.2 Å². The highest BCUT2D eigenvalue weighted by Crippen LogP contribution is 1.99. The fraction of sp³-hybridized carbons (Fsp3) is 0.538. The van der Waals surface area contributed by atoms with E-state index >= 15 is 0 Å². The fourth-order valence-corrected chi connectivity index (χ4v) is 1.62. The van der Waals surface area contributed by atoms with Crippen LogP contribution >= 0.6 is 12.2 Å². The Morgan fingerprint density at radius 3 is 3.00 bits per heavy atom. The molecule has 1 N–H and O–H groups in total. The van der Waals surface area contributed by atoms with E-state index in [0.717, 1.165) is 43.5 Å². The molecule has 0 atom stereocenters. The van der Waals surface area contributed by atoms with E-state index in [9.17, 15) is 0 Å². The van der Waals surface area contributed by atoms with Gasteiger partial charge in [-0.25, -0.2) is 0 Å². The van der Waals surface area contributed by atoms with Crippen molar-refractivity contribution in [1.29, 1.82) is 0 Å². The van der Waals surface area contributed by atoms with Gasteiger partial charge in [-0.2, -0.15) is 0 Å². The average Bonchev–Trinajstić information content (AvgIpc) is 2.39. The third kappa shape index (κ3) is 5.93. The second-order valence-electron chi connectivity index (χ2n) is 3.96. The van der Waals surface area contributed by atoms with Crippen LogP contribution in [0.15, 0.2) is 24.4 Å². The van der Waals surface area contributed by atoms with E-state index in [0.29, 0.717) is 0 Å². The van der Waals surface area contributed by atoms with Crippen molar-refractivity contribution < 1.29 is 4.74 Å². The second kappa shape index (κ2) is 8.83. The molecule has 1 aromatic heterocycles. The Hall–Kier alpha value is -1.20. The van der Waals surface area contributed by atoms with Crippen LogP contribution in [0, 0.1) is 0 Å². The molecule has 0 unspecified atom stereocenters. The second-order valence-corrected chi connectivity index (χ2v) is 4.35. The summed E-state index contributed by atoms with van der Waals surface area (Å²) in [4.78, 5) is 6.26. The summed E-state index contributed by atoms with van der Waals surface area (Å²) in [6.45, 7) is 5.10. The van der Waals surface area contributed by atoms with Crippen molar-refractivity contribution in [2.45, 2.75) is 19.9 Å². The molecule has 0 aliphatic rings. The van der Waals surface area contributed by atoms with Gasteiger partial charge in [0.2, 0.25) is 0 Å². The smallest absolute Gasteiger partial charge is 0.169 e. The number of rotatable bonds is 7. The van der Waals surface area contributed by atoms with Gasteiger partial charge in [-0.1, -0.05) is 6.07 Å². The van der Waals surface area contributed by atoms with Crippen LogP contribution in [0.3, 0.4) is 0 Å². The molecule has 0 aromatic carbocycles. The van der Waals surface area contributed by atoms with Gasteiger partial charge in [0.1, 0.15) is 0 Å². The van der Waals surface area contributed by atoms with E-state index in [-0.39, 0.29) is 0 Å². The van der Waals surface area contributed by atoms with Crippen LogP contribution in [-0.2, 0) is 11.3 Å². The molecule has 1 heterocycles. The lowest BCUT2D eigenvalue weighted by atomic mass is 10.3. The van der Waals surface area contributed by atoms with Crippen molar-refractivity contribution >= 4 is 17.3 Å². The van der Waals surface area contributed by atoms with Crippen molar-refractivity contribution in [3.05, 3.63) is 30.1 Å². The molecule has 0 bridgehead atoms. The maximum absolute atomic E-state index is 5.30. The Morgan fingerprint density at radius 2 is 2.33 bits per heavy atom. The first-order valence-electron chi connectivity index (χ1n) is 6.20. The van der Waals surface area contributed by atoms with Gasteiger partial charge in [-0.3, -0.25) is 4.98 Å². The lowest BCUT2D eigenvalue weighted by Crippen LogP contribution is -2.37. The highest BCUT2D eigenvalue weighted by atomic mass is 32.1. The molecular weight excluding hydrogens is 246 g/mol. The largest absolute Gasteiger partial charge is 0.382 e. The molecule has 18 heavy (non-hydrogen) atoms. The zero-order chi connectivity index (χ0) is 13.2. The summed E-state index contributed by atoms with van der Waals surface area (Å²) < 4.78 is 5.26. The van der Waals surface area contributed by atoms with Gasteiger partial charge >= 0.3 is 0 Å². The Balaban J connectivity index is 2.21. The number of ether oxygens (including phenoxy) is 1. The van der Waals surface area contributed by atoms with E-state index in [1.807, 2.05) is 37.1 Å². The molecule has 0 saturated heterocycles. The normalized spacial score (nSPS) is 10.1. The van der Waals surface area contributed by atoms with E-state index in [1.165, 1.54) is 0 Å². The topological polar surface area (TPSA) is 37.4 Å². The van der Waals surface area contributed by atoms with E-state index in [1.54, 1.807) is 6.20 Å². The molecule has 0 radical (unpaired) electrons. The molecule has 0 spiro atoms. The number of nitrogens with one attached hydrogen (secondary N) is 1. The Kier molecular flexibility index (Phi) is 7.29. The molecule has 0 aliphatic heterocycles. The van der Waals surface area contributed by atoms with Gasteiger partial charge in [0.15, 0.2) is 5.11 Å². The minimum absolute atomic E-state index is 0.720. The van der Waals surface area contributed by atoms with E-state index in [2.05, 4.69) is 10.3 Å². The first-order valence-corrected chi connectivity index (χ1v) is 6.61. The van der Waals surface area contributed by atoms with Crippen molar-refractivity contribution in [3.63, 3.8) is 0 Å². The average molecular weight is 267 g/mol. The lowest BCUT2D eigenvalue weighted by Gasteiger charge is -2.20. The summed E-state index contributed by atoms with van der Waals surface area (Å²) in [5, 5.41) is 3.96. The first kappa shape index (κ1) is 14.9. The number of nitrogens with zero attached hydrogens (tertiary/aromatic N) is 2. The predicted molar refractivity (Wildman–Crippen MR) is 77.4 cm³/mol. The number of hydrogen-bond acceptors (Lipinski definition) is 3. The van der Waals surface area contributed by atoms with Crippen LogP contribution in [-0.4, -0.2) is 41.8 Å². The molecule has 1 rings (SSSR count). The predicted octanol–water partition coefficient (Wildman–Crippen LogP) is 1.81. The van der Waals surface area contributed by atoms with Crippen LogP contribution in [0.5, 0.6) is 0 Å². The Bertz CT molecular complexity index is 345. The SMILES string of the molecule is CCOCCCNC(=S)N(C)Cc1ccccn1. The molecule has 5 heteroatoms. The quantitative estimate of drug-likeness (QED) is 0.602. The molecular formula is C13H21N3OS. The summed E-state index contributed by atoms with van der Waals surface area (Å²) in [5.74, 6) is 0. The summed E-state index contributed by atoms with van der Waals surface area (Å²) >= 11 is 5.30. The van der Waals surface area contributed by atoms with Gasteiger partial charge in [-0.05, 0) is 37.7 Å². The zero-order valence-corrected chi connectivity index (χ0v) is 11.9. The van der Waals surface area contributed by atoms with Gasteiger partial charge in [0, 0.05) is 33.0 Å². The number of hydrogen-bond donors (Lipinski definition) is 1. The third-order valence-corrected chi connectivity index (χ3v) is 2.87. The number of thiocarbonyl (C=S) groups is 1. The molecule has 100 valence electrons. The summed E-state index contributed by atoms with van der Waals surface area (Å²) in [6.07, 6.45) is 2.76. The molecule has 4 nitrogen and oxygen atoms in total. The minimum Gasteiger partial charge on any atom is -0.382 e. The third-order valence-electron chi connectivity index (χ3n) is 2.42. The molecule has 0 saturated carbocycles. The van der Waals surface area contributed by atoms with Crippen LogP contribution < -0.4 is 5.32 Å². The molecule has 0 fully saturated rings. The number of aromatic nitrogens is 1. The van der Waals surface area contributed by atoms with E-state index in [4.69, 9.17) is 17.0 Å². The standard InChI is InChI=1S/C13H21N3OS/c1-3-17-10-6-9-15-13(18)16(2)11-12-7-4-5-8-14-12/h4-5,7-8H,3,6,9-11H2,1-2H3,(H,15,18). The maximum atomic E-state index is 5.30. The van der Waals surface area contributed by atoms with Crippen LogP contribution in [0.4, 0.5) is 0 Å². The van der Waals surface area contributed by atoms with Crippen molar-refractivity contribution in [2.24, 2.45) is 0 Å². The maximum Gasteiger partial charge on any atom is 0.169 e. The number of pyridine rings is 1. The monoisotopic (exact) mass is 267 g/mol.